The number of benzene rings is 3. The number of carbonyl (C=O) groups excluding carboxylic acids is 2. The predicted molar refractivity (Wildman–Crippen MR) is 142 cm³/mol. The molecule has 0 aromatic heterocycles. The molecule has 1 amide bonds. The second kappa shape index (κ2) is 10.6. The summed E-state index contributed by atoms with van der Waals surface area (Å²) in [5.41, 5.74) is 3.95. The van der Waals surface area contributed by atoms with Crippen molar-refractivity contribution in [2.24, 2.45) is 0 Å². The summed E-state index contributed by atoms with van der Waals surface area (Å²) in [6.45, 7) is 1.64. The van der Waals surface area contributed by atoms with Crippen molar-refractivity contribution in [1.82, 2.24) is 0 Å². The summed E-state index contributed by atoms with van der Waals surface area (Å²) in [5, 5.41) is 15.2. The zero-order valence-electron chi connectivity index (χ0n) is 20.2. The van der Waals surface area contributed by atoms with E-state index in [2.05, 4.69) is 10.6 Å². The molecule has 1 heterocycles. The molecule has 0 saturated heterocycles. The fourth-order valence-electron chi connectivity index (χ4n) is 3.96. The minimum absolute atomic E-state index is 0.230. The summed E-state index contributed by atoms with van der Waals surface area (Å²) in [6, 6.07) is 22.5. The summed E-state index contributed by atoms with van der Waals surface area (Å²) in [7, 11) is -3.64. The number of esters is 1. The Morgan fingerprint density at radius 1 is 1.05 bits per heavy atom. The van der Waals surface area contributed by atoms with Crippen molar-refractivity contribution in [2.75, 3.05) is 34.3 Å². The van der Waals surface area contributed by atoms with Crippen LogP contribution < -0.4 is 14.9 Å². The van der Waals surface area contributed by atoms with Crippen LogP contribution in [0.3, 0.4) is 0 Å². The van der Waals surface area contributed by atoms with Gasteiger partial charge in [0.05, 0.1) is 41.5 Å². The highest BCUT2D eigenvalue weighted by molar-refractivity contribution is 7.92. The summed E-state index contributed by atoms with van der Waals surface area (Å²) in [5.74, 6) is -0.821. The topological polar surface area (TPSA) is 129 Å². The number of nitrogens with one attached hydrogen (secondary N) is 2. The minimum atomic E-state index is -3.64. The van der Waals surface area contributed by atoms with Crippen LogP contribution in [0.1, 0.15) is 28.4 Å². The number of rotatable bonds is 8. The molecule has 37 heavy (non-hydrogen) atoms. The molecule has 0 atom stereocenters. The summed E-state index contributed by atoms with van der Waals surface area (Å²) < 4.78 is 30.3. The Morgan fingerprint density at radius 3 is 2.38 bits per heavy atom. The van der Waals surface area contributed by atoms with Gasteiger partial charge in [-0.1, -0.05) is 30.3 Å². The van der Waals surface area contributed by atoms with Crippen LogP contribution in [0.15, 0.2) is 72.8 Å². The average Bonchev–Trinajstić information content (AvgIpc) is 3.21. The van der Waals surface area contributed by atoms with E-state index >= 15 is 0 Å². The van der Waals surface area contributed by atoms with Gasteiger partial charge in [0, 0.05) is 16.9 Å². The van der Waals surface area contributed by atoms with E-state index in [4.69, 9.17) is 10.00 Å². The number of nitriles is 1. The van der Waals surface area contributed by atoms with Gasteiger partial charge in [-0.2, -0.15) is 5.26 Å². The molecule has 0 unspecified atom stereocenters. The zero-order valence-corrected chi connectivity index (χ0v) is 21.0. The van der Waals surface area contributed by atoms with Gasteiger partial charge in [0.15, 0.2) is 0 Å². The largest absolute Gasteiger partial charge is 0.462 e. The second-order valence-electron chi connectivity index (χ2n) is 8.15. The number of sulfonamides is 1. The van der Waals surface area contributed by atoms with Gasteiger partial charge in [-0.15, -0.1) is 0 Å². The Bertz CT molecular complexity index is 1530. The van der Waals surface area contributed by atoms with E-state index in [0.717, 1.165) is 16.1 Å². The van der Waals surface area contributed by atoms with E-state index in [1.165, 1.54) is 0 Å². The zero-order chi connectivity index (χ0) is 26.6. The Balaban J connectivity index is 1.79. The molecule has 2 N–H and O–H groups in total. The van der Waals surface area contributed by atoms with Crippen LogP contribution >= 0.6 is 0 Å². The van der Waals surface area contributed by atoms with Crippen molar-refractivity contribution in [3.05, 3.63) is 89.5 Å². The van der Waals surface area contributed by atoms with Gasteiger partial charge in [0.1, 0.15) is 6.54 Å². The lowest BCUT2D eigenvalue weighted by molar-refractivity contribution is -0.110. The molecular weight excluding hydrogens is 492 g/mol. The van der Waals surface area contributed by atoms with Crippen LogP contribution in [0, 0.1) is 11.3 Å². The molecule has 9 nitrogen and oxygen atoms in total. The number of anilines is 3. The first-order valence-corrected chi connectivity index (χ1v) is 13.2. The van der Waals surface area contributed by atoms with Crippen molar-refractivity contribution in [3.8, 4) is 6.07 Å². The average molecular weight is 517 g/mol. The smallest absolute Gasteiger partial charge is 0.338 e. The highest BCUT2D eigenvalue weighted by Gasteiger charge is 2.29. The summed E-state index contributed by atoms with van der Waals surface area (Å²) in [4.78, 5) is 25.5. The number of hydrogen-bond acceptors (Lipinski definition) is 7. The Hall–Kier alpha value is -4.62. The Morgan fingerprint density at radius 2 is 1.76 bits per heavy atom. The number of carbonyl (C=O) groups is 2. The molecule has 188 valence electrons. The second-order valence-corrected chi connectivity index (χ2v) is 10.1. The van der Waals surface area contributed by atoms with Gasteiger partial charge >= 0.3 is 5.97 Å². The van der Waals surface area contributed by atoms with Gasteiger partial charge in [-0.25, -0.2) is 13.2 Å². The molecule has 0 fully saturated rings. The normalized spacial score (nSPS) is 13.7. The fraction of sp³-hybridized carbons (Fsp3) is 0.148. The third-order valence-electron chi connectivity index (χ3n) is 5.63. The molecular formula is C27H24N4O5S. The van der Waals surface area contributed by atoms with Gasteiger partial charge in [0.2, 0.25) is 10.0 Å². The number of nitrogens with zero attached hydrogens (tertiary/aromatic N) is 2. The van der Waals surface area contributed by atoms with E-state index in [1.54, 1.807) is 49.4 Å². The number of ether oxygens (including phenoxy) is 1. The lowest BCUT2D eigenvalue weighted by Gasteiger charge is -2.20. The van der Waals surface area contributed by atoms with E-state index in [1.807, 2.05) is 36.4 Å². The van der Waals surface area contributed by atoms with Crippen molar-refractivity contribution >= 4 is 50.2 Å². The lowest BCUT2D eigenvalue weighted by atomic mass is 9.98. The quantitative estimate of drug-likeness (QED) is 0.262. The van der Waals surface area contributed by atoms with Crippen LogP contribution in [-0.2, 0) is 19.6 Å². The standard InChI is InChI=1S/C27H24N4O5S/c1-3-36-27(33)19-9-14-23-22(17-19)24(26(32)30-23)25(18-7-5-4-6-8-18)29-20-10-12-21(13-11-20)31(16-15-28)37(2,34)35/h4-14,17,29H,3,16H2,1-2H3,(H,30,32)/b25-24-. The van der Waals surface area contributed by atoms with Gasteiger partial charge < -0.3 is 15.4 Å². The highest BCUT2D eigenvalue weighted by atomic mass is 32.2. The van der Waals surface area contributed by atoms with E-state index < -0.39 is 16.0 Å². The maximum absolute atomic E-state index is 13.1. The molecule has 0 aliphatic carbocycles. The Labute approximate surface area is 215 Å². The van der Waals surface area contributed by atoms with Crippen LogP contribution in [-0.4, -0.2) is 39.7 Å². The molecule has 10 heteroatoms. The van der Waals surface area contributed by atoms with E-state index in [9.17, 15) is 18.0 Å². The molecule has 1 aliphatic rings. The van der Waals surface area contributed by atoms with Crippen molar-refractivity contribution in [2.45, 2.75) is 6.92 Å². The first-order valence-electron chi connectivity index (χ1n) is 11.4. The lowest BCUT2D eigenvalue weighted by Crippen LogP contribution is -2.30. The van der Waals surface area contributed by atoms with Crippen molar-refractivity contribution in [1.29, 1.82) is 5.26 Å². The predicted octanol–water partition coefficient (Wildman–Crippen LogP) is 4.09. The summed E-state index contributed by atoms with van der Waals surface area (Å²) >= 11 is 0. The van der Waals surface area contributed by atoms with Crippen LogP contribution in [0.4, 0.5) is 17.1 Å². The first-order chi connectivity index (χ1) is 17.7. The maximum atomic E-state index is 13.1. The van der Waals surface area contributed by atoms with Crippen LogP contribution in [0.2, 0.25) is 0 Å². The molecule has 0 radical (unpaired) electrons. The van der Waals surface area contributed by atoms with Gasteiger partial charge in [-0.05, 0) is 55.0 Å². The number of hydrogen-bond donors (Lipinski definition) is 2. The molecule has 3 aromatic carbocycles. The third-order valence-corrected chi connectivity index (χ3v) is 6.77. The molecule has 3 aromatic rings. The molecule has 1 aliphatic heterocycles. The van der Waals surface area contributed by atoms with Gasteiger partial charge in [-0.3, -0.25) is 9.10 Å². The van der Waals surface area contributed by atoms with E-state index in [-0.39, 0.29) is 19.1 Å². The SMILES string of the molecule is CCOC(=O)c1ccc2c(c1)/C(=C(/Nc1ccc(N(CC#N)S(C)(=O)=O)cc1)c1ccccc1)C(=O)N2. The summed E-state index contributed by atoms with van der Waals surface area (Å²) in [6.07, 6.45) is 1.04. The first kappa shape index (κ1) is 25.5. The minimum Gasteiger partial charge on any atom is -0.462 e. The fourth-order valence-corrected chi connectivity index (χ4v) is 4.76. The number of fused-ring (bicyclic) bond motifs is 1. The van der Waals surface area contributed by atoms with Gasteiger partial charge in [0.25, 0.3) is 5.91 Å². The molecule has 0 bridgehead atoms. The van der Waals surface area contributed by atoms with Crippen LogP contribution in [0.25, 0.3) is 11.3 Å². The van der Waals surface area contributed by atoms with Crippen molar-refractivity contribution < 1.29 is 22.7 Å². The molecule has 4 rings (SSSR count). The monoisotopic (exact) mass is 516 g/mol. The Kier molecular flexibility index (Phi) is 7.27. The highest BCUT2D eigenvalue weighted by Crippen LogP contribution is 2.38. The third kappa shape index (κ3) is 5.47. The van der Waals surface area contributed by atoms with Crippen LogP contribution in [0.5, 0.6) is 0 Å². The van der Waals surface area contributed by atoms with E-state index in [0.29, 0.717) is 39.5 Å². The van der Waals surface area contributed by atoms with Crippen molar-refractivity contribution in [3.63, 3.8) is 0 Å². The molecule has 0 spiro atoms. The number of amides is 1. The maximum Gasteiger partial charge on any atom is 0.338 e. The molecule has 0 saturated carbocycles.